The third kappa shape index (κ3) is 4.84. The summed E-state index contributed by atoms with van der Waals surface area (Å²) >= 11 is 0. The summed E-state index contributed by atoms with van der Waals surface area (Å²) in [5, 5.41) is 11.9. The van der Waals surface area contributed by atoms with Gasteiger partial charge >= 0.3 is 6.18 Å². The van der Waals surface area contributed by atoms with Crippen LogP contribution < -0.4 is 5.32 Å². The summed E-state index contributed by atoms with van der Waals surface area (Å²) in [5.41, 5.74) is -1.28. The van der Waals surface area contributed by atoms with Gasteiger partial charge in [-0.3, -0.25) is 9.69 Å². The number of amides is 1. The summed E-state index contributed by atoms with van der Waals surface area (Å²) in [5.74, 6) is -1.46. The Hall–Kier alpha value is -1.81. The molecule has 0 spiro atoms. The molecule has 10 heteroatoms. The number of benzene rings is 1. The van der Waals surface area contributed by atoms with Gasteiger partial charge in [0.05, 0.1) is 17.1 Å². The van der Waals surface area contributed by atoms with Crippen molar-refractivity contribution in [2.24, 2.45) is 0 Å². The Morgan fingerprint density at radius 2 is 1.88 bits per heavy atom. The fourth-order valence-corrected chi connectivity index (χ4v) is 3.59. The molecule has 1 saturated heterocycles. The third-order valence-electron chi connectivity index (χ3n) is 3.72. The Bertz CT molecular complexity index is 705. The van der Waals surface area contributed by atoms with Crippen molar-refractivity contribution in [2.75, 3.05) is 37.7 Å². The topological polar surface area (TPSA) is 86.7 Å². The molecule has 0 atom stereocenters. The zero-order valence-corrected chi connectivity index (χ0v) is 13.5. The number of aromatic hydroxyl groups is 1. The molecular weight excluding hydrogens is 349 g/mol. The molecule has 0 bridgehead atoms. The fourth-order valence-electron chi connectivity index (χ4n) is 2.32. The van der Waals surface area contributed by atoms with E-state index in [1.165, 1.54) is 0 Å². The Balaban J connectivity index is 1.86. The van der Waals surface area contributed by atoms with Gasteiger partial charge in [-0.15, -0.1) is 0 Å². The van der Waals surface area contributed by atoms with Crippen LogP contribution in [-0.4, -0.2) is 62.0 Å². The van der Waals surface area contributed by atoms with Crippen LogP contribution >= 0.6 is 0 Å². The molecule has 0 aliphatic carbocycles. The van der Waals surface area contributed by atoms with Gasteiger partial charge < -0.3 is 10.4 Å². The molecule has 1 aromatic rings. The molecule has 1 aliphatic heterocycles. The van der Waals surface area contributed by atoms with Crippen LogP contribution in [0.3, 0.4) is 0 Å². The number of phenolic OH excluding ortho intramolecular Hbond substituents is 1. The van der Waals surface area contributed by atoms with E-state index in [1.807, 2.05) is 4.90 Å². The third-order valence-corrected chi connectivity index (χ3v) is 5.33. The standard InChI is InChI=1S/C14H17F3N2O4S/c15-14(16,17)11-2-1-10(9-12(11)20)13(21)18-3-4-19-5-7-24(22,23)8-6-19/h1-2,9,20H,3-8H2,(H,18,21). The van der Waals surface area contributed by atoms with E-state index in [4.69, 9.17) is 0 Å². The molecule has 1 heterocycles. The predicted octanol–water partition coefficient (Wildman–Crippen LogP) is 0.871. The number of carbonyl (C=O) groups is 1. The molecule has 0 unspecified atom stereocenters. The average Bonchev–Trinajstić information content (AvgIpc) is 2.47. The second-order valence-electron chi connectivity index (χ2n) is 5.48. The number of nitrogens with one attached hydrogen (secondary N) is 1. The summed E-state index contributed by atoms with van der Waals surface area (Å²) in [6.45, 7) is 1.44. The zero-order chi connectivity index (χ0) is 18.0. The molecule has 1 aromatic carbocycles. The van der Waals surface area contributed by atoms with Gasteiger partial charge in [-0.25, -0.2) is 8.42 Å². The molecule has 1 aliphatic rings. The van der Waals surface area contributed by atoms with Crippen molar-refractivity contribution in [1.82, 2.24) is 10.2 Å². The quantitative estimate of drug-likeness (QED) is 0.826. The largest absolute Gasteiger partial charge is 0.507 e. The van der Waals surface area contributed by atoms with Crippen molar-refractivity contribution in [3.05, 3.63) is 29.3 Å². The number of halogens is 3. The molecule has 1 amide bonds. The maximum atomic E-state index is 12.5. The zero-order valence-electron chi connectivity index (χ0n) is 12.6. The number of alkyl halides is 3. The number of hydrogen-bond donors (Lipinski definition) is 2. The minimum absolute atomic E-state index is 0.0771. The van der Waals surface area contributed by atoms with E-state index in [9.17, 15) is 31.5 Å². The molecule has 24 heavy (non-hydrogen) atoms. The van der Waals surface area contributed by atoms with Crippen molar-refractivity contribution in [2.45, 2.75) is 6.18 Å². The van der Waals surface area contributed by atoms with Gasteiger partial charge in [0.2, 0.25) is 0 Å². The first-order valence-electron chi connectivity index (χ1n) is 7.20. The van der Waals surface area contributed by atoms with E-state index in [2.05, 4.69) is 5.32 Å². The molecule has 2 rings (SSSR count). The molecule has 6 nitrogen and oxygen atoms in total. The van der Waals surface area contributed by atoms with E-state index >= 15 is 0 Å². The van der Waals surface area contributed by atoms with Gasteiger partial charge in [-0.2, -0.15) is 13.2 Å². The lowest BCUT2D eigenvalue weighted by Gasteiger charge is -2.26. The monoisotopic (exact) mass is 366 g/mol. The first-order valence-corrected chi connectivity index (χ1v) is 9.02. The molecular formula is C14H17F3N2O4S. The van der Waals surface area contributed by atoms with Crippen LogP contribution in [0.15, 0.2) is 18.2 Å². The average molecular weight is 366 g/mol. The second kappa shape index (κ2) is 6.98. The first-order chi connectivity index (χ1) is 11.1. The van der Waals surface area contributed by atoms with Gasteiger partial charge in [0.15, 0.2) is 9.84 Å². The lowest BCUT2D eigenvalue weighted by Crippen LogP contribution is -2.43. The van der Waals surface area contributed by atoms with Crippen LogP contribution in [0.2, 0.25) is 0 Å². The van der Waals surface area contributed by atoms with Crippen molar-refractivity contribution < 1.29 is 31.5 Å². The van der Waals surface area contributed by atoms with Crippen LogP contribution in [0, 0.1) is 0 Å². The highest BCUT2D eigenvalue weighted by Crippen LogP contribution is 2.35. The van der Waals surface area contributed by atoms with Crippen molar-refractivity contribution in [3.63, 3.8) is 0 Å². The van der Waals surface area contributed by atoms with Crippen LogP contribution in [0.4, 0.5) is 13.2 Å². The minimum Gasteiger partial charge on any atom is -0.507 e. The molecule has 1 fully saturated rings. The van der Waals surface area contributed by atoms with E-state index in [0.29, 0.717) is 25.7 Å². The van der Waals surface area contributed by atoms with Gasteiger partial charge in [0.25, 0.3) is 5.91 Å². The lowest BCUT2D eigenvalue weighted by molar-refractivity contribution is -0.138. The van der Waals surface area contributed by atoms with E-state index in [1.54, 1.807) is 0 Å². The van der Waals surface area contributed by atoms with Gasteiger partial charge in [0.1, 0.15) is 5.75 Å². The van der Waals surface area contributed by atoms with Crippen LogP contribution in [0.1, 0.15) is 15.9 Å². The van der Waals surface area contributed by atoms with Crippen molar-refractivity contribution >= 4 is 15.7 Å². The summed E-state index contributed by atoms with van der Waals surface area (Å²) in [4.78, 5) is 13.8. The van der Waals surface area contributed by atoms with Gasteiger partial charge in [-0.1, -0.05) is 0 Å². The van der Waals surface area contributed by atoms with E-state index in [0.717, 1.165) is 12.1 Å². The first kappa shape index (κ1) is 18.5. The Labute approximate surface area is 137 Å². The Morgan fingerprint density at radius 3 is 2.42 bits per heavy atom. The highest BCUT2D eigenvalue weighted by atomic mass is 32.2. The molecule has 0 radical (unpaired) electrons. The maximum absolute atomic E-state index is 12.5. The van der Waals surface area contributed by atoms with Crippen LogP contribution in [-0.2, 0) is 16.0 Å². The number of phenols is 1. The number of sulfone groups is 1. The highest BCUT2D eigenvalue weighted by molar-refractivity contribution is 7.91. The van der Waals surface area contributed by atoms with Crippen LogP contribution in [0.5, 0.6) is 5.75 Å². The Morgan fingerprint density at radius 1 is 1.25 bits per heavy atom. The number of carbonyl (C=O) groups excluding carboxylic acids is 1. The second-order valence-corrected chi connectivity index (χ2v) is 7.78. The predicted molar refractivity (Wildman–Crippen MR) is 80.5 cm³/mol. The SMILES string of the molecule is O=C(NCCN1CCS(=O)(=O)CC1)c1ccc(C(F)(F)F)c(O)c1. The fraction of sp³-hybridized carbons (Fsp3) is 0.500. The molecule has 0 saturated carbocycles. The van der Waals surface area contributed by atoms with Gasteiger partial charge in [0, 0.05) is 31.7 Å². The summed E-state index contributed by atoms with van der Waals surface area (Å²) < 4.78 is 60.2. The van der Waals surface area contributed by atoms with Gasteiger partial charge in [-0.05, 0) is 18.2 Å². The normalized spacial score (nSPS) is 18.3. The summed E-state index contributed by atoms with van der Waals surface area (Å²) in [6, 6.07) is 2.41. The number of hydrogen-bond acceptors (Lipinski definition) is 5. The molecule has 134 valence electrons. The maximum Gasteiger partial charge on any atom is 0.419 e. The minimum atomic E-state index is -4.69. The molecule has 2 N–H and O–H groups in total. The highest BCUT2D eigenvalue weighted by Gasteiger charge is 2.34. The van der Waals surface area contributed by atoms with E-state index in [-0.39, 0.29) is 23.6 Å². The Kier molecular flexibility index (Phi) is 5.38. The number of rotatable bonds is 4. The lowest BCUT2D eigenvalue weighted by atomic mass is 10.1. The summed E-state index contributed by atoms with van der Waals surface area (Å²) in [6.07, 6.45) is -4.69. The molecule has 0 aromatic heterocycles. The number of nitrogens with zero attached hydrogens (tertiary/aromatic N) is 1. The van der Waals surface area contributed by atoms with E-state index < -0.39 is 33.2 Å². The van der Waals surface area contributed by atoms with Crippen molar-refractivity contribution in [3.8, 4) is 5.75 Å². The van der Waals surface area contributed by atoms with Crippen molar-refractivity contribution in [1.29, 1.82) is 0 Å². The smallest absolute Gasteiger partial charge is 0.419 e. The van der Waals surface area contributed by atoms with Crippen LogP contribution in [0.25, 0.3) is 0 Å². The summed E-state index contributed by atoms with van der Waals surface area (Å²) in [7, 11) is -2.97.